The third-order valence-electron chi connectivity index (χ3n) is 3.69. The Bertz CT molecular complexity index is 720. The molecule has 0 saturated carbocycles. The Morgan fingerprint density at radius 2 is 1.96 bits per heavy atom. The molecule has 0 N–H and O–H groups in total. The number of hydrogen-bond acceptors (Lipinski definition) is 6. The molecule has 0 amide bonds. The molecule has 0 aromatic heterocycles. The van der Waals surface area contributed by atoms with Crippen LogP contribution in [0, 0.1) is 13.8 Å². The van der Waals surface area contributed by atoms with Crippen LogP contribution in [0.2, 0.25) is 0 Å². The van der Waals surface area contributed by atoms with Crippen LogP contribution in [0.15, 0.2) is 17.0 Å². The highest BCUT2D eigenvalue weighted by Crippen LogP contribution is 2.30. The van der Waals surface area contributed by atoms with Crippen molar-refractivity contribution in [2.45, 2.75) is 20.8 Å². The van der Waals surface area contributed by atoms with Crippen molar-refractivity contribution in [3.05, 3.63) is 33.7 Å². The van der Waals surface area contributed by atoms with Gasteiger partial charge in [0.05, 0.1) is 7.11 Å². The predicted octanol–water partition coefficient (Wildman–Crippen LogP) is 3.12. The molecule has 0 atom stereocenters. The number of ether oxygens (including phenoxy) is 2. The van der Waals surface area contributed by atoms with Crippen molar-refractivity contribution in [3.8, 4) is 5.75 Å². The van der Waals surface area contributed by atoms with Crippen LogP contribution in [0.25, 0.3) is 6.08 Å². The van der Waals surface area contributed by atoms with Crippen LogP contribution >= 0.6 is 24.0 Å². The number of methoxy groups -OCH3 is 1. The van der Waals surface area contributed by atoms with E-state index in [1.54, 1.807) is 11.8 Å². The number of benzene rings is 1. The van der Waals surface area contributed by atoms with Gasteiger partial charge >= 0.3 is 11.9 Å². The SMILES string of the molecule is COC(=O)CN1CCSC(=Cc2cc(C)c(OC(C)=O)c(C)c2)C1=S. The Hall–Kier alpha value is -1.86. The van der Waals surface area contributed by atoms with Gasteiger partial charge in [0.25, 0.3) is 0 Å². The van der Waals surface area contributed by atoms with Gasteiger partial charge in [-0.1, -0.05) is 12.2 Å². The van der Waals surface area contributed by atoms with Gasteiger partial charge in [-0.3, -0.25) is 9.59 Å². The fourth-order valence-electron chi connectivity index (χ4n) is 2.58. The molecule has 5 nitrogen and oxygen atoms in total. The van der Waals surface area contributed by atoms with Crippen molar-refractivity contribution in [3.63, 3.8) is 0 Å². The van der Waals surface area contributed by atoms with Crippen LogP contribution in [-0.2, 0) is 14.3 Å². The van der Waals surface area contributed by atoms with E-state index in [1.807, 2.05) is 37.0 Å². The molecule has 1 heterocycles. The molecule has 1 aromatic carbocycles. The number of esters is 2. The molecular formula is C18H21NO4S2. The number of thiocarbonyl (C=S) groups is 1. The summed E-state index contributed by atoms with van der Waals surface area (Å²) in [4.78, 5) is 26.2. The van der Waals surface area contributed by atoms with Crippen LogP contribution in [0.5, 0.6) is 5.75 Å². The fourth-order valence-corrected chi connectivity index (χ4v) is 3.98. The molecule has 0 radical (unpaired) electrons. The van der Waals surface area contributed by atoms with E-state index in [-0.39, 0.29) is 18.5 Å². The zero-order valence-electron chi connectivity index (χ0n) is 14.8. The number of carbonyl (C=O) groups excluding carboxylic acids is 2. The number of hydrogen-bond donors (Lipinski definition) is 0. The zero-order valence-corrected chi connectivity index (χ0v) is 16.4. The minimum Gasteiger partial charge on any atom is -0.468 e. The zero-order chi connectivity index (χ0) is 18.6. The lowest BCUT2D eigenvalue weighted by atomic mass is 10.1. The molecular weight excluding hydrogens is 358 g/mol. The van der Waals surface area contributed by atoms with Crippen molar-refractivity contribution in [2.75, 3.05) is 26.0 Å². The van der Waals surface area contributed by atoms with Gasteiger partial charge in [-0.05, 0) is 48.7 Å². The Morgan fingerprint density at radius 1 is 1.32 bits per heavy atom. The smallest absolute Gasteiger partial charge is 0.325 e. The van der Waals surface area contributed by atoms with E-state index in [9.17, 15) is 9.59 Å². The number of aryl methyl sites for hydroxylation is 2. The maximum absolute atomic E-state index is 11.5. The predicted molar refractivity (Wildman–Crippen MR) is 104 cm³/mol. The Morgan fingerprint density at radius 3 is 2.52 bits per heavy atom. The maximum Gasteiger partial charge on any atom is 0.325 e. The van der Waals surface area contributed by atoms with E-state index >= 15 is 0 Å². The van der Waals surface area contributed by atoms with Crippen molar-refractivity contribution in [1.29, 1.82) is 0 Å². The number of nitrogens with zero attached hydrogens (tertiary/aromatic N) is 1. The van der Waals surface area contributed by atoms with Crippen LogP contribution in [0.1, 0.15) is 23.6 Å². The second-order valence-corrected chi connectivity index (χ2v) is 7.26. The maximum atomic E-state index is 11.5. The molecule has 134 valence electrons. The average molecular weight is 380 g/mol. The summed E-state index contributed by atoms with van der Waals surface area (Å²) in [5.41, 5.74) is 2.76. The quantitative estimate of drug-likeness (QED) is 0.345. The first-order valence-electron chi connectivity index (χ1n) is 7.82. The number of rotatable bonds is 4. The molecule has 1 aliphatic heterocycles. The minimum absolute atomic E-state index is 0.163. The third-order valence-corrected chi connectivity index (χ3v) is 5.31. The van der Waals surface area contributed by atoms with Gasteiger partial charge < -0.3 is 14.4 Å². The van der Waals surface area contributed by atoms with Crippen molar-refractivity contribution < 1.29 is 19.1 Å². The van der Waals surface area contributed by atoms with Crippen LogP contribution < -0.4 is 4.74 Å². The largest absolute Gasteiger partial charge is 0.468 e. The van der Waals surface area contributed by atoms with Crippen LogP contribution in [-0.4, -0.2) is 47.8 Å². The van der Waals surface area contributed by atoms with Gasteiger partial charge in [-0.15, -0.1) is 11.8 Å². The highest BCUT2D eigenvalue weighted by Gasteiger charge is 2.22. The van der Waals surface area contributed by atoms with E-state index in [0.717, 1.165) is 33.9 Å². The molecule has 1 saturated heterocycles. The molecule has 1 aliphatic rings. The molecule has 0 bridgehead atoms. The van der Waals surface area contributed by atoms with Crippen LogP contribution in [0.4, 0.5) is 0 Å². The normalized spacial score (nSPS) is 16.1. The van der Waals surface area contributed by atoms with Crippen LogP contribution in [0.3, 0.4) is 0 Å². The molecule has 7 heteroatoms. The molecule has 2 rings (SSSR count). The summed E-state index contributed by atoms with van der Waals surface area (Å²) >= 11 is 7.19. The lowest BCUT2D eigenvalue weighted by Gasteiger charge is -2.29. The van der Waals surface area contributed by atoms with Gasteiger partial charge in [-0.25, -0.2) is 0 Å². The third kappa shape index (κ3) is 5.06. The highest BCUT2D eigenvalue weighted by atomic mass is 32.2. The second-order valence-electron chi connectivity index (χ2n) is 5.74. The van der Waals surface area contributed by atoms with E-state index in [0.29, 0.717) is 10.7 Å². The van der Waals surface area contributed by atoms with E-state index < -0.39 is 0 Å². The molecule has 25 heavy (non-hydrogen) atoms. The standard InChI is InChI=1S/C18H21NO4S2/c1-11-7-14(8-12(2)17(11)23-13(3)20)9-15-18(24)19(5-6-25-15)10-16(21)22-4/h7-9H,5-6,10H2,1-4H3. The first-order valence-corrected chi connectivity index (χ1v) is 9.21. The highest BCUT2D eigenvalue weighted by molar-refractivity contribution is 8.05. The molecule has 1 fully saturated rings. The number of thioether (sulfide) groups is 1. The summed E-state index contributed by atoms with van der Waals surface area (Å²) in [5, 5.41) is 0. The topological polar surface area (TPSA) is 55.8 Å². The summed E-state index contributed by atoms with van der Waals surface area (Å²) in [6, 6.07) is 3.92. The number of carbonyl (C=O) groups is 2. The summed E-state index contributed by atoms with van der Waals surface area (Å²) < 4.78 is 9.99. The molecule has 0 unspecified atom stereocenters. The summed E-state index contributed by atoms with van der Waals surface area (Å²) in [5.74, 6) is 0.818. The van der Waals surface area contributed by atoms with E-state index in [2.05, 4.69) is 0 Å². The van der Waals surface area contributed by atoms with E-state index in [1.165, 1.54) is 14.0 Å². The first kappa shape index (κ1) is 19.5. The first-order chi connectivity index (χ1) is 11.8. The van der Waals surface area contributed by atoms with Crippen molar-refractivity contribution in [1.82, 2.24) is 4.90 Å². The second kappa shape index (κ2) is 8.49. The van der Waals surface area contributed by atoms with Gasteiger partial charge in [0.1, 0.15) is 17.3 Å². The summed E-state index contributed by atoms with van der Waals surface area (Å²) in [6.45, 7) is 6.09. The minimum atomic E-state index is -0.334. The van der Waals surface area contributed by atoms with Crippen molar-refractivity contribution >= 4 is 47.0 Å². The fraction of sp³-hybridized carbons (Fsp3) is 0.389. The molecule has 0 aliphatic carbocycles. The monoisotopic (exact) mass is 379 g/mol. The summed E-state index contributed by atoms with van der Waals surface area (Å²) in [7, 11) is 1.37. The lowest BCUT2D eigenvalue weighted by molar-refractivity contribution is -0.141. The van der Waals surface area contributed by atoms with Crippen molar-refractivity contribution in [2.24, 2.45) is 0 Å². The Kier molecular flexibility index (Phi) is 6.61. The Labute approximate surface area is 157 Å². The van der Waals surface area contributed by atoms with Gasteiger partial charge in [0.2, 0.25) is 0 Å². The average Bonchev–Trinajstić information content (AvgIpc) is 2.54. The summed E-state index contributed by atoms with van der Waals surface area (Å²) in [6.07, 6.45) is 2.01. The van der Waals surface area contributed by atoms with Gasteiger partial charge in [0, 0.05) is 24.1 Å². The molecule has 0 spiro atoms. The van der Waals surface area contributed by atoms with E-state index in [4.69, 9.17) is 21.7 Å². The van der Waals surface area contributed by atoms with Gasteiger partial charge in [0.15, 0.2) is 0 Å². The lowest BCUT2D eigenvalue weighted by Crippen LogP contribution is -2.39. The molecule has 1 aromatic rings. The van der Waals surface area contributed by atoms with Gasteiger partial charge in [-0.2, -0.15) is 0 Å². The Balaban J connectivity index is 2.25.